The molecule has 0 aliphatic carbocycles. The second kappa shape index (κ2) is 11.2. The largest absolute Gasteiger partial charge is 0.505 e. The molecule has 0 saturated carbocycles. The van der Waals surface area contributed by atoms with E-state index in [1.54, 1.807) is 4.90 Å². The van der Waals surface area contributed by atoms with Crippen molar-refractivity contribution in [3.05, 3.63) is 70.7 Å². The molecule has 1 amide bonds. The number of rotatable bonds is 10. The third kappa shape index (κ3) is 4.98. The number of fused-ring (bicyclic) bond motifs is 1. The number of likely N-dealkylation sites (tertiary alicyclic amines) is 1. The topological polar surface area (TPSA) is 87.4 Å². The van der Waals surface area contributed by atoms with Crippen LogP contribution in [-0.2, 0) is 9.59 Å². The molecule has 2 aromatic heterocycles. The van der Waals surface area contributed by atoms with Crippen molar-refractivity contribution in [1.29, 1.82) is 0 Å². The van der Waals surface area contributed by atoms with Gasteiger partial charge >= 0.3 is 0 Å². The van der Waals surface area contributed by atoms with Gasteiger partial charge in [-0.1, -0.05) is 32.0 Å². The summed E-state index contributed by atoms with van der Waals surface area (Å²) in [7, 11) is 0. The molecule has 1 N–H and O–H groups in total. The first-order chi connectivity index (χ1) is 17.8. The fourth-order valence-corrected chi connectivity index (χ4v) is 5.05. The number of aliphatic hydroxyl groups excluding tert-OH is 1. The zero-order valence-electron chi connectivity index (χ0n) is 22.3. The normalized spacial score (nSPS) is 17.4. The number of aromatic nitrogens is 2. The molecule has 3 aromatic rings. The van der Waals surface area contributed by atoms with E-state index < -0.39 is 17.7 Å². The third-order valence-electron chi connectivity index (χ3n) is 7.12. The van der Waals surface area contributed by atoms with Gasteiger partial charge in [-0.15, -0.1) is 0 Å². The van der Waals surface area contributed by atoms with Crippen LogP contribution in [0.5, 0.6) is 5.75 Å². The monoisotopic (exact) mass is 504 g/mol. The molecule has 8 nitrogen and oxygen atoms in total. The van der Waals surface area contributed by atoms with Crippen LogP contribution < -0.4 is 4.74 Å². The van der Waals surface area contributed by atoms with Gasteiger partial charge in [-0.2, -0.15) is 0 Å². The van der Waals surface area contributed by atoms with E-state index in [9.17, 15) is 14.7 Å². The molecule has 1 aromatic carbocycles. The van der Waals surface area contributed by atoms with Crippen molar-refractivity contribution >= 4 is 23.1 Å². The van der Waals surface area contributed by atoms with Crippen LogP contribution in [0.1, 0.15) is 55.7 Å². The van der Waals surface area contributed by atoms with E-state index in [0.29, 0.717) is 35.9 Å². The Kier molecular flexibility index (Phi) is 7.97. The first-order valence-corrected chi connectivity index (χ1v) is 13.0. The highest BCUT2D eigenvalue weighted by atomic mass is 16.5. The first kappa shape index (κ1) is 26.4. The van der Waals surface area contributed by atoms with Gasteiger partial charge in [-0.25, -0.2) is 4.98 Å². The molecule has 1 aliphatic rings. The fraction of sp³-hybridized carbons (Fsp3) is 0.414. The first-order valence-electron chi connectivity index (χ1n) is 13.0. The summed E-state index contributed by atoms with van der Waals surface area (Å²) in [5.41, 5.74) is 3.48. The quantitative estimate of drug-likeness (QED) is 0.248. The van der Waals surface area contributed by atoms with Crippen LogP contribution in [-0.4, -0.2) is 68.8 Å². The lowest BCUT2D eigenvalue weighted by Gasteiger charge is -2.26. The third-order valence-corrected chi connectivity index (χ3v) is 7.12. The van der Waals surface area contributed by atoms with E-state index in [1.165, 1.54) is 0 Å². The van der Waals surface area contributed by atoms with Gasteiger partial charge in [0.05, 0.1) is 23.9 Å². The number of nitrogens with zero attached hydrogens (tertiary/aromatic N) is 4. The highest BCUT2D eigenvalue weighted by molar-refractivity contribution is 6.46. The zero-order valence-corrected chi connectivity index (χ0v) is 22.3. The molecule has 1 saturated heterocycles. The summed E-state index contributed by atoms with van der Waals surface area (Å²) in [5, 5.41) is 11.5. The molecule has 1 aliphatic heterocycles. The molecule has 1 atom stereocenters. The Balaban J connectivity index is 1.80. The van der Waals surface area contributed by atoms with Crippen molar-refractivity contribution in [1.82, 2.24) is 19.2 Å². The number of aliphatic hydroxyl groups is 1. The Morgan fingerprint density at radius 3 is 2.41 bits per heavy atom. The average molecular weight is 505 g/mol. The number of imidazole rings is 1. The molecule has 3 heterocycles. The number of hydrogen-bond acceptors (Lipinski definition) is 6. The van der Waals surface area contributed by atoms with Crippen LogP contribution in [0.2, 0.25) is 0 Å². The predicted molar refractivity (Wildman–Crippen MR) is 144 cm³/mol. The van der Waals surface area contributed by atoms with Gasteiger partial charge in [0, 0.05) is 12.7 Å². The van der Waals surface area contributed by atoms with Crippen molar-refractivity contribution in [2.45, 2.75) is 47.1 Å². The molecule has 0 spiro atoms. The number of carbonyl (C=O) groups is 2. The van der Waals surface area contributed by atoms with Crippen molar-refractivity contribution < 1.29 is 19.4 Å². The maximum atomic E-state index is 13.4. The summed E-state index contributed by atoms with van der Waals surface area (Å²) < 4.78 is 7.47. The average Bonchev–Trinajstić information content (AvgIpc) is 3.37. The highest BCUT2D eigenvalue weighted by Crippen LogP contribution is 2.40. The molecule has 8 heteroatoms. The summed E-state index contributed by atoms with van der Waals surface area (Å²) in [5.74, 6) is -0.828. The van der Waals surface area contributed by atoms with Crippen molar-refractivity contribution in [3.8, 4) is 5.75 Å². The standard InChI is InChI=1S/C29H36N4O4/c1-6-31(7-2)16-10-18-33-25(21-12-14-22(15-13-21)37-8-3)23(27(35)29(33)36)26(34)24-20(5)32-17-9-11-19(4)28(32)30-24/h9,11-15,17,25,34H,6-8,10,16,18H2,1-5H3. The van der Waals surface area contributed by atoms with Crippen LogP contribution in [0.25, 0.3) is 11.4 Å². The number of aryl methyl sites for hydroxylation is 2. The lowest BCUT2D eigenvalue weighted by molar-refractivity contribution is -0.140. The van der Waals surface area contributed by atoms with E-state index in [2.05, 4.69) is 23.7 Å². The van der Waals surface area contributed by atoms with Crippen LogP contribution in [0.4, 0.5) is 0 Å². The van der Waals surface area contributed by atoms with Crippen LogP contribution in [0.3, 0.4) is 0 Å². The van der Waals surface area contributed by atoms with E-state index in [0.717, 1.165) is 37.2 Å². The molecular formula is C29H36N4O4. The summed E-state index contributed by atoms with van der Waals surface area (Å²) in [4.78, 5) is 35.2. The number of hydrogen-bond donors (Lipinski definition) is 1. The Morgan fingerprint density at radius 1 is 1.08 bits per heavy atom. The summed E-state index contributed by atoms with van der Waals surface area (Å²) >= 11 is 0. The van der Waals surface area contributed by atoms with Gasteiger partial charge in [0.2, 0.25) is 0 Å². The molecule has 0 radical (unpaired) electrons. The number of pyridine rings is 1. The Labute approximate surface area is 218 Å². The van der Waals surface area contributed by atoms with E-state index in [-0.39, 0.29) is 11.3 Å². The molecular weight excluding hydrogens is 468 g/mol. The van der Waals surface area contributed by atoms with Crippen molar-refractivity contribution in [3.63, 3.8) is 0 Å². The second-order valence-electron chi connectivity index (χ2n) is 9.31. The van der Waals surface area contributed by atoms with Gasteiger partial charge in [0.15, 0.2) is 5.76 Å². The maximum absolute atomic E-state index is 13.4. The van der Waals surface area contributed by atoms with Crippen molar-refractivity contribution in [2.24, 2.45) is 0 Å². The van der Waals surface area contributed by atoms with E-state index >= 15 is 0 Å². The summed E-state index contributed by atoms with van der Waals surface area (Å²) in [6, 6.07) is 10.5. The molecule has 196 valence electrons. The van der Waals surface area contributed by atoms with E-state index in [1.807, 2.05) is 67.8 Å². The molecule has 0 bridgehead atoms. The van der Waals surface area contributed by atoms with Crippen LogP contribution >= 0.6 is 0 Å². The van der Waals surface area contributed by atoms with Gasteiger partial charge in [0.1, 0.15) is 17.1 Å². The summed E-state index contributed by atoms with van der Waals surface area (Å²) in [6.45, 7) is 13.5. The van der Waals surface area contributed by atoms with Crippen molar-refractivity contribution in [2.75, 3.05) is 32.8 Å². The Hall–Kier alpha value is -3.65. The zero-order chi connectivity index (χ0) is 26.7. The number of ether oxygens (including phenoxy) is 1. The lowest BCUT2D eigenvalue weighted by Crippen LogP contribution is -2.33. The molecule has 1 unspecified atom stereocenters. The van der Waals surface area contributed by atoms with Gasteiger partial charge in [0.25, 0.3) is 11.7 Å². The minimum absolute atomic E-state index is 0.0705. The number of carbonyl (C=O) groups excluding carboxylic acids is 2. The molecule has 37 heavy (non-hydrogen) atoms. The smallest absolute Gasteiger partial charge is 0.295 e. The number of amides is 1. The Morgan fingerprint density at radius 2 is 1.78 bits per heavy atom. The van der Waals surface area contributed by atoms with E-state index in [4.69, 9.17) is 4.74 Å². The molecule has 1 fully saturated rings. The van der Waals surface area contributed by atoms with Gasteiger partial charge in [-0.05, 0) is 76.2 Å². The Bertz CT molecular complexity index is 1320. The lowest BCUT2D eigenvalue weighted by atomic mass is 9.96. The fourth-order valence-electron chi connectivity index (χ4n) is 5.05. The highest BCUT2D eigenvalue weighted by Gasteiger charge is 2.46. The maximum Gasteiger partial charge on any atom is 0.295 e. The van der Waals surface area contributed by atoms with Crippen LogP contribution in [0.15, 0.2) is 48.2 Å². The minimum Gasteiger partial charge on any atom is -0.505 e. The predicted octanol–water partition coefficient (Wildman–Crippen LogP) is 4.50. The van der Waals surface area contributed by atoms with Gasteiger partial charge in [-0.3, -0.25) is 9.59 Å². The van der Waals surface area contributed by atoms with Gasteiger partial charge < -0.3 is 24.0 Å². The number of ketones is 1. The summed E-state index contributed by atoms with van der Waals surface area (Å²) in [6.07, 6.45) is 2.59. The SMILES string of the molecule is CCOc1ccc(C2C(=C(O)c3nc4c(C)cccn4c3C)C(=O)C(=O)N2CCCN(CC)CC)cc1. The molecule has 4 rings (SSSR count). The number of benzene rings is 1. The number of Topliss-reactive ketones (excluding diaryl/α,β-unsaturated/α-hetero) is 1. The van der Waals surface area contributed by atoms with Crippen LogP contribution in [0, 0.1) is 13.8 Å². The minimum atomic E-state index is -0.710. The second-order valence-corrected chi connectivity index (χ2v) is 9.31.